The van der Waals surface area contributed by atoms with E-state index in [2.05, 4.69) is 38.2 Å². The van der Waals surface area contributed by atoms with Crippen molar-refractivity contribution in [3.8, 4) is 28.9 Å². The third-order valence-electron chi connectivity index (χ3n) is 4.45. The van der Waals surface area contributed by atoms with Gasteiger partial charge in [0.05, 0.1) is 16.6 Å². The maximum Gasteiger partial charge on any atom is 0.490 e. The number of aliphatic carboxylic acids is 1. The van der Waals surface area contributed by atoms with Crippen molar-refractivity contribution in [3.63, 3.8) is 0 Å². The van der Waals surface area contributed by atoms with Crippen LogP contribution in [0.4, 0.5) is 13.2 Å². The molecule has 4 rings (SSSR count). The van der Waals surface area contributed by atoms with Gasteiger partial charge in [0.25, 0.3) is 5.89 Å². The van der Waals surface area contributed by atoms with Gasteiger partial charge in [-0.05, 0) is 25.7 Å². The van der Waals surface area contributed by atoms with Gasteiger partial charge in [-0.2, -0.15) is 23.4 Å². The minimum atomic E-state index is -5.08. The molecule has 0 saturated heterocycles. The molecular formula is C22H18F3N5O3. The number of carboxylic acids is 1. The minimum absolute atomic E-state index is 0.425. The Bertz CT molecular complexity index is 1300. The van der Waals surface area contributed by atoms with E-state index < -0.39 is 12.1 Å². The summed E-state index contributed by atoms with van der Waals surface area (Å²) in [6.45, 7) is 0.883. The molecule has 0 aliphatic carbocycles. The second-order valence-electron chi connectivity index (χ2n) is 7.20. The molecule has 2 heterocycles. The largest absolute Gasteiger partial charge is 0.490 e. The highest BCUT2D eigenvalue weighted by Crippen LogP contribution is 2.30. The van der Waals surface area contributed by atoms with Crippen molar-refractivity contribution in [1.29, 1.82) is 5.26 Å². The molecule has 0 fully saturated rings. The molecule has 0 bridgehead atoms. The molecule has 0 aliphatic heterocycles. The van der Waals surface area contributed by atoms with E-state index in [4.69, 9.17) is 14.4 Å². The molecule has 8 nitrogen and oxygen atoms in total. The van der Waals surface area contributed by atoms with Crippen LogP contribution in [-0.2, 0) is 11.3 Å². The van der Waals surface area contributed by atoms with Gasteiger partial charge in [0.1, 0.15) is 6.07 Å². The number of aromatic amines is 1. The standard InChI is InChI=1S/C20H17N5O.C2HF3O2/c1-25(2)12-13-6-8-14(9-7-13)19-23-20(26-24-19)17-5-3-4-16-15(10-21)11-22-18(16)17;3-2(4,5)1(6)7/h3-9,11,22H,12H2,1-2H3;(H,6,7). The predicted octanol–water partition coefficient (Wildman–Crippen LogP) is 4.45. The summed E-state index contributed by atoms with van der Waals surface area (Å²) < 4.78 is 37.2. The summed E-state index contributed by atoms with van der Waals surface area (Å²) in [4.78, 5) is 18.7. The van der Waals surface area contributed by atoms with E-state index >= 15 is 0 Å². The summed E-state index contributed by atoms with van der Waals surface area (Å²) >= 11 is 0. The van der Waals surface area contributed by atoms with Gasteiger partial charge < -0.3 is 19.5 Å². The van der Waals surface area contributed by atoms with Crippen molar-refractivity contribution in [2.24, 2.45) is 0 Å². The molecule has 2 aromatic heterocycles. The number of H-pyrrole nitrogens is 1. The van der Waals surface area contributed by atoms with Gasteiger partial charge in [-0.25, -0.2) is 4.79 Å². The lowest BCUT2D eigenvalue weighted by molar-refractivity contribution is -0.192. The van der Waals surface area contributed by atoms with E-state index in [9.17, 15) is 18.4 Å². The number of alkyl halides is 3. The molecule has 0 saturated carbocycles. The number of hydrogen-bond acceptors (Lipinski definition) is 6. The second-order valence-corrected chi connectivity index (χ2v) is 7.20. The summed E-state index contributed by atoms with van der Waals surface area (Å²) in [5.41, 5.74) is 4.33. The molecule has 4 aromatic rings. The van der Waals surface area contributed by atoms with Gasteiger partial charge in [-0.15, -0.1) is 0 Å². The van der Waals surface area contributed by atoms with Crippen molar-refractivity contribution in [2.75, 3.05) is 14.1 Å². The Kier molecular flexibility index (Phi) is 6.79. The van der Waals surface area contributed by atoms with Crippen LogP contribution >= 0.6 is 0 Å². The number of fused-ring (bicyclic) bond motifs is 1. The normalized spacial score (nSPS) is 11.2. The smallest absolute Gasteiger partial charge is 0.475 e. The molecule has 11 heteroatoms. The van der Waals surface area contributed by atoms with Gasteiger partial charge >= 0.3 is 12.1 Å². The first kappa shape index (κ1) is 23.5. The van der Waals surface area contributed by atoms with Gasteiger partial charge in [-0.1, -0.05) is 41.6 Å². The van der Waals surface area contributed by atoms with Crippen molar-refractivity contribution in [1.82, 2.24) is 20.0 Å². The number of hydrogen-bond donors (Lipinski definition) is 2. The fourth-order valence-corrected chi connectivity index (χ4v) is 3.00. The van der Waals surface area contributed by atoms with Gasteiger partial charge in [0.2, 0.25) is 5.82 Å². The number of rotatable bonds is 4. The number of halogens is 3. The number of nitrogens with one attached hydrogen (secondary N) is 1. The lowest BCUT2D eigenvalue weighted by Gasteiger charge is -2.09. The molecule has 33 heavy (non-hydrogen) atoms. The zero-order chi connectivity index (χ0) is 24.2. The molecule has 0 aliphatic rings. The molecular weight excluding hydrogens is 439 g/mol. The number of benzene rings is 2. The van der Waals surface area contributed by atoms with Gasteiger partial charge in [0.15, 0.2) is 0 Å². The van der Waals surface area contributed by atoms with Gasteiger partial charge in [0, 0.05) is 23.7 Å². The third-order valence-corrected chi connectivity index (χ3v) is 4.45. The summed E-state index contributed by atoms with van der Waals surface area (Å²) in [7, 11) is 4.08. The Labute approximate surface area is 185 Å². The summed E-state index contributed by atoms with van der Waals surface area (Å²) in [5.74, 6) is -1.79. The zero-order valence-corrected chi connectivity index (χ0v) is 17.5. The SMILES string of the molecule is CN(C)Cc1ccc(-c2noc(-c3cccc4c(C#N)c[nH]c34)n2)cc1.O=C(O)C(F)(F)F. The molecule has 170 valence electrons. The highest BCUT2D eigenvalue weighted by molar-refractivity contribution is 5.95. The van der Waals surface area contributed by atoms with E-state index in [0.29, 0.717) is 17.3 Å². The quantitative estimate of drug-likeness (QED) is 0.465. The number of carboxylic acid groups (broad SMARTS) is 1. The highest BCUT2D eigenvalue weighted by Gasteiger charge is 2.38. The van der Waals surface area contributed by atoms with Crippen LogP contribution in [0.25, 0.3) is 33.7 Å². The average molecular weight is 457 g/mol. The first-order valence-corrected chi connectivity index (χ1v) is 9.48. The van der Waals surface area contributed by atoms with E-state index in [0.717, 1.165) is 28.6 Å². The minimum Gasteiger partial charge on any atom is -0.475 e. The number of para-hydroxylation sites is 1. The predicted molar refractivity (Wildman–Crippen MR) is 113 cm³/mol. The molecule has 0 unspecified atom stereocenters. The van der Waals surface area contributed by atoms with Crippen LogP contribution in [0.3, 0.4) is 0 Å². The number of carbonyl (C=O) groups is 1. The van der Waals surface area contributed by atoms with Gasteiger partial charge in [-0.3, -0.25) is 0 Å². The van der Waals surface area contributed by atoms with Crippen molar-refractivity contribution in [3.05, 3.63) is 59.8 Å². The first-order valence-electron chi connectivity index (χ1n) is 9.48. The van der Waals surface area contributed by atoms with Crippen LogP contribution in [0.1, 0.15) is 11.1 Å². The molecule has 0 amide bonds. The topological polar surface area (TPSA) is 119 Å². The molecule has 0 spiro atoms. The fourth-order valence-electron chi connectivity index (χ4n) is 3.00. The lowest BCUT2D eigenvalue weighted by atomic mass is 10.1. The monoisotopic (exact) mass is 457 g/mol. The number of aromatic nitrogens is 3. The molecule has 2 N–H and O–H groups in total. The Balaban J connectivity index is 0.000000383. The summed E-state index contributed by atoms with van der Waals surface area (Å²) in [5, 5.41) is 21.3. The third kappa shape index (κ3) is 5.55. The lowest BCUT2D eigenvalue weighted by Crippen LogP contribution is -2.21. The zero-order valence-electron chi connectivity index (χ0n) is 17.5. The van der Waals surface area contributed by atoms with E-state index in [1.165, 1.54) is 5.56 Å². The maximum atomic E-state index is 10.6. The van der Waals surface area contributed by atoms with Crippen LogP contribution in [-0.4, -0.2) is 51.4 Å². The molecule has 0 atom stereocenters. The highest BCUT2D eigenvalue weighted by atomic mass is 19.4. The van der Waals surface area contributed by atoms with Crippen molar-refractivity contribution < 1.29 is 27.6 Å². The first-order chi connectivity index (χ1) is 15.6. The Morgan fingerprint density at radius 1 is 1.21 bits per heavy atom. The Morgan fingerprint density at radius 3 is 2.45 bits per heavy atom. The van der Waals surface area contributed by atoms with E-state index in [-0.39, 0.29) is 0 Å². The van der Waals surface area contributed by atoms with E-state index in [1.54, 1.807) is 6.20 Å². The fraction of sp³-hybridized carbons (Fsp3) is 0.182. The summed E-state index contributed by atoms with van der Waals surface area (Å²) in [6, 6.07) is 16.0. The Morgan fingerprint density at radius 2 is 1.88 bits per heavy atom. The second kappa shape index (κ2) is 9.54. The molecule has 2 aromatic carbocycles. The Hall–Kier alpha value is -4.17. The van der Waals surface area contributed by atoms with Crippen LogP contribution in [0.5, 0.6) is 0 Å². The van der Waals surface area contributed by atoms with Crippen LogP contribution in [0, 0.1) is 11.3 Å². The maximum absolute atomic E-state index is 10.6. The van der Waals surface area contributed by atoms with Crippen LogP contribution < -0.4 is 0 Å². The van der Waals surface area contributed by atoms with E-state index in [1.807, 2.05) is 44.4 Å². The number of nitriles is 1. The van der Waals surface area contributed by atoms with Crippen LogP contribution in [0.15, 0.2) is 53.2 Å². The van der Waals surface area contributed by atoms with Crippen LogP contribution in [0.2, 0.25) is 0 Å². The van der Waals surface area contributed by atoms with Crippen molar-refractivity contribution >= 4 is 16.9 Å². The number of nitrogens with zero attached hydrogens (tertiary/aromatic N) is 4. The summed E-state index contributed by atoms with van der Waals surface area (Å²) in [6.07, 6.45) is -3.39. The average Bonchev–Trinajstić information content (AvgIpc) is 3.41. The molecule has 0 radical (unpaired) electrons. The van der Waals surface area contributed by atoms with Crippen molar-refractivity contribution in [2.45, 2.75) is 12.7 Å².